The van der Waals surface area contributed by atoms with Crippen LogP contribution in [0.5, 0.6) is 0 Å². The standard InChI is InChI=1S/C53H30N4S2/c1-2-15-33-30-43-40(29-32(33)14-1)35-18-5-8-23-41(35)57(43)42-27-28-47-49(38-20-7-10-25-45(38)59-47)50(42)53-55-51(36-21-11-16-31-13-3-4-17-34(31)36)54-52(56-53)39-22-12-26-46-48(39)37-19-6-9-24-44(37)58-46/h1-30H. The van der Waals surface area contributed by atoms with Crippen LogP contribution in [0.3, 0.4) is 0 Å². The number of hydrogen-bond acceptors (Lipinski definition) is 5. The summed E-state index contributed by atoms with van der Waals surface area (Å²) in [5, 5.41) is 11.8. The molecule has 9 aromatic carbocycles. The summed E-state index contributed by atoms with van der Waals surface area (Å²) in [6.45, 7) is 0. The van der Waals surface area contributed by atoms with Gasteiger partial charge in [-0.05, 0) is 70.1 Å². The number of hydrogen-bond donors (Lipinski definition) is 0. The van der Waals surface area contributed by atoms with Crippen molar-refractivity contribution in [3.63, 3.8) is 0 Å². The number of aromatic nitrogens is 4. The molecule has 13 aromatic rings. The van der Waals surface area contributed by atoms with Crippen molar-refractivity contribution in [1.82, 2.24) is 19.5 Å². The predicted octanol–water partition coefficient (Wildman–Crippen LogP) is 15.0. The molecule has 4 aromatic heterocycles. The highest BCUT2D eigenvalue weighted by Crippen LogP contribution is 2.46. The highest BCUT2D eigenvalue weighted by molar-refractivity contribution is 7.26. The average molecular weight is 787 g/mol. The molecule has 4 heterocycles. The summed E-state index contributed by atoms with van der Waals surface area (Å²) in [7, 11) is 0. The fraction of sp³-hybridized carbons (Fsp3) is 0. The highest BCUT2D eigenvalue weighted by Gasteiger charge is 2.25. The molecule has 4 nitrogen and oxygen atoms in total. The Balaban J connectivity index is 1.20. The van der Waals surface area contributed by atoms with E-state index >= 15 is 0 Å². The second-order valence-electron chi connectivity index (χ2n) is 15.1. The Hall–Kier alpha value is -7.25. The van der Waals surface area contributed by atoms with E-state index in [-0.39, 0.29) is 0 Å². The molecule has 0 amide bonds. The van der Waals surface area contributed by atoms with Crippen molar-refractivity contribution in [1.29, 1.82) is 0 Å². The summed E-state index contributed by atoms with van der Waals surface area (Å²) < 4.78 is 7.31. The molecule has 274 valence electrons. The van der Waals surface area contributed by atoms with Gasteiger partial charge in [-0.1, -0.05) is 133 Å². The second kappa shape index (κ2) is 12.6. The van der Waals surface area contributed by atoms with Gasteiger partial charge in [-0.3, -0.25) is 0 Å². The van der Waals surface area contributed by atoms with Crippen LogP contribution in [-0.4, -0.2) is 19.5 Å². The van der Waals surface area contributed by atoms with E-state index in [4.69, 9.17) is 15.0 Å². The number of para-hydroxylation sites is 1. The van der Waals surface area contributed by atoms with Gasteiger partial charge in [-0.15, -0.1) is 22.7 Å². The molecule has 0 aliphatic heterocycles. The van der Waals surface area contributed by atoms with E-state index in [1.54, 1.807) is 0 Å². The number of thiophene rings is 2. The summed E-state index contributed by atoms with van der Waals surface area (Å²) in [6.07, 6.45) is 0. The minimum Gasteiger partial charge on any atom is -0.308 e. The van der Waals surface area contributed by atoms with Crippen molar-refractivity contribution in [2.24, 2.45) is 0 Å². The van der Waals surface area contributed by atoms with Crippen LogP contribution in [0, 0.1) is 0 Å². The van der Waals surface area contributed by atoms with Gasteiger partial charge < -0.3 is 4.57 Å². The first-order valence-corrected chi connectivity index (χ1v) is 21.4. The van der Waals surface area contributed by atoms with Gasteiger partial charge in [0, 0.05) is 62.2 Å². The van der Waals surface area contributed by atoms with Gasteiger partial charge in [0.25, 0.3) is 0 Å². The van der Waals surface area contributed by atoms with Crippen LogP contribution in [0.15, 0.2) is 182 Å². The highest BCUT2D eigenvalue weighted by atomic mass is 32.1. The number of nitrogens with zero attached hydrogens (tertiary/aromatic N) is 4. The van der Waals surface area contributed by atoms with Crippen LogP contribution < -0.4 is 0 Å². The molecule has 0 radical (unpaired) electrons. The zero-order chi connectivity index (χ0) is 38.6. The molecule has 0 aliphatic rings. The van der Waals surface area contributed by atoms with E-state index in [0.717, 1.165) is 49.6 Å². The van der Waals surface area contributed by atoms with Crippen LogP contribution >= 0.6 is 22.7 Å². The quantitative estimate of drug-likeness (QED) is 0.178. The lowest BCUT2D eigenvalue weighted by Gasteiger charge is -2.17. The van der Waals surface area contributed by atoms with E-state index in [0.29, 0.717) is 17.5 Å². The molecule has 0 spiro atoms. The van der Waals surface area contributed by atoms with Crippen LogP contribution in [0.25, 0.3) is 124 Å². The average Bonchev–Trinajstić information content (AvgIpc) is 3.97. The van der Waals surface area contributed by atoms with E-state index in [9.17, 15) is 0 Å². The minimum absolute atomic E-state index is 0.644. The van der Waals surface area contributed by atoms with Crippen LogP contribution in [-0.2, 0) is 0 Å². The summed E-state index contributed by atoms with van der Waals surface area (Å²) in [5.41, 5.74) is 6.27. The van der Waals surface area contributed by atoms with Gasteiger partial charge in [-0.2, -0.15) is 0 Å². The van der Waals surface area contributed by atoms with Crippen molar-refractivity contribution in [3.8, 4) is 39.9 Å². The van der Waals surface area contributed by atoms with Crippen LogP contribution in [0.1, 0.15) is 0 Å². The van der Waals surface area contributed by atoms with Gasteiger partial charge in [0.15, 0.2) is 17.5 Å². The van der Waals surface area contributed by atoms with E-state index in [1.165, 1.54) is 56.5 Å². The summed E-state index contributed by atoms with van der Waals surface area (Å²) in [5.74, 6) is 1.95. The summed E-state index contributed by atoms with van der Waals surface area (Å²) in [4.78, 5) is 16.6. The van der Waals surface area contributed by atoms with Crippen LogP contribution in [0.4, 0.5) is 0 Å². The Morgan fingerprint density at radius 1 is 0.339 bits per heavy atom. The van der Waals surface area contributed by atoms with Gasteiger partial charge in [-0.25, -0.2) is 15.0 Å². The van der Waals surface area contributed by atoms with Crippen molar-refractivity contribution in [3.05, 3.63) is 182 Å². The first-order valence-electron chi connectivity index (χ1n) is 19.8. The molecule has 0 N–H and O–H groups in total. The molecule has 0 aliphatic carbocycles. The summed E-state index contributed by atoms with van der Waals surface area (Å²) >= 11 is 3.62. The third-order valence-electron chi connectivity index (χ3n) is 11.8. The monoisotopic (exact) mass is 786 g/mol. The Morgan fingerprint density at radius 2 is 0.881 bits per heavy atom. The molecule has 0 bridgehead atoms. The van der Waals surface area contributed by atoms with Gasteiger partial charge in [0.05, 0.1) is 22.3 Å². The van der Waals surface area contributed by atoms with Crippen molar-refractivity contribution >= 4 is 106 Å². The number of benzene rings is 9. The lowest BCUT2D eigenvalue weighted by molar-refractivity contribution is 1.07. The topological polar surface area (TPSA) is 43.6 Å². The maximum absolute atomic E-state index is 5.61. The van der Waals surface area contributed by atoms with E-state index in [1.807, 2.05) is 22.7 Å². The van der Waals surface area contributed by atoms with Crippen molar-refractivity contribution < 1.29 is 0 Å². The van der Waals surface area contributed by atoms with E-state index < -0.39 is 0 Å². The molecular weight excluding hydrogens is 757 g/mol. The minimum atomic E-state index is 0.644. The Bertz CT molecular complexity index is 3870. The maximum atomic E-state index is 5.61. The van der Waals surface area contributed by atoms with Crippen molar-refractivity contribution in [2.75, 3.05) is 0 Å². The Labute approximate surface area is 345 Å². The third kappa shape index (κ3) is 4.91. The first-order chi connectivity index (χ1) is 29.2. The van der Waals surface area contributed by atoms with Gasteiger partial charge in [0.2, 0.25) is 0 Å². The smallest absolute Gasteiger partial charge is 0.166 e. The maximum Gasteiger partial charge on any atom is 0.166 e. The second-order valence-corrected chi connectivity index (χ2v) is 17.3. The first kappa shape index (κ1) is 32.8. The Morgan fingerprint density at radius 3 is 1.68 bits per heavy atom. The van der Waals surface area contributed by atoms with Crippen molar-refractivity contribution in [2.45, 2.75) is 0 Å². The van der Waals surface area contributed by atoms with Gasteiger partial charge >= 0.3 is 0 Å². The predicted molar refractivity (Wildman–Crippen MR) is 251 cm³/mol. The molecule has 59 heavy (non-hydrogen) atoms. The molecule has 0 unspecified atom stereocenters. The molecule has 0 saturated heterocycles. The lowest BCUT2D eigenvalue weighted by atomic mass is 10.0. The fourth-order valence-electron chi connectivity index (χ4n) is 9.24. The zero-order valence-corrected chi connectivity index (χ0v) is 33.1. The van der Waals surface area contributed by atoms with E-state index in [2.05, 4.69) is 187 Å². The van der Waals surface area contributed by atoms with Crippen LogP contribution in [0.2, 0.25) is 0 Å². The lowest BCUT2D eigenvalue weighted by Crippen LogP contribution is -2.04. The molecule has 13 rings (SSSR count). The molecule has 0 atom stereocenters. The fourth-order valence-corrected chi connectivity index (χ4v) is 11.5. The molecule has 0 saturated carbocycles. The number of fused-ring (bicyclic) bond motifs is 11. The third-order valence-corrected chi connectivity index (χ3v) is 14.1. The summed E-state index contributed by atoms with van der Waals surface area (Å²) in [6, 6.07) is 65.5. The van der Waals surface area contributed by atoms with Gasteiger partial charge in [0.1, 0.15) is 0 Å². The number of rotatable bonds is 4. The SMILES string of the molecule is c1ccc2cc3c(cc2c1)c1ccccc1n3-c1ccc2sc3ccccc3c2c1-c1nc(-c2cccc3ccccc23)nc(-c2cccc3sc4ccccc4c23)n1. The molecule has 6 heteroatoms. The molecule has 0 fully saturated rings. The molecular formula is C53H30N4S2. The zero-order valence-electron chi connectivity index (χ0n) is 31.4. The normalized spacial score (nSPS) is 12.1. The largest absolute Gasteiger partial charge is 0.308 e. The Kier molecular flexibility index (Phi) is 7.02.